The fourth-order valence-electron chi connectivity index (χ4n) is 1.86. The Morgan fingerprint density at radius 1 is 1.60 bits per heavy atom. The second kappa shape index (κ2) is 5.13. The second-order valence-electron chi connectivity index (χ2n) is 4.46. The van der Waals surface area contributed by atoms with Crippen LogP contribution < -0.4 is 5.32 Å². The van der Waals surface area contributed by atoms with Crippen LogP contribution in [0.5, 0.6) is 0 Å². The summed E-state index contributed by atoms with van der Waals surface area (Å²) in [4.78, 5) is 13.3. The zero-order valence-electron chi connectivity index (χ0n) is 9.55. The molecule has 0 aromatic rings. The molecule has 1 rings (SSSR count). The number of carbonyl (C=O) groups excluding carboxylic acids is 1. The lowest BCUT2D eigenvalue weighted by Gasteiger charge is -2.21. The van der Waals surface area contributed by atoms with E-state index in [4.69, 9.17) is 5.26 Å². The number of nitriles is 1. The smallest absolute Gasteiger partial charge is 0.234 e. The molecule has 4 nitrogen and oxygen atoms in total. The summed E-state index contributed by atoms with van der Waals surface area (Å²) in [6, 6.07) is 2.23. The number of hydrogen-bond donors (Lipinski definition) is 1. The number of rotatable bonds is 6. The van der Waals surface area contributed by atoms with Gasteiger partial charge in [0.25, 0.3) is 0 Å². The van der Waals surface area contributed by atoms with Crippen LogP contribution in [0.3, 0.4) is 0 Å². The molecule has 0 aliphatic heterocycles. The predicted molar refractivity (Wildman–Crippen MR) is 58.1 cm³/mol. The van der Waals surface area contributed by atoms with Crippen LogP contribution in [0.2, 0.25) is 0 Å². The van der Waals surface area contributed by atoms with Gasteiger partial charge in [-0.05, 0) is 32.2 Å². The van der Waals surface area contributed by atoms with Crippen LogP contribution in [-0.2, 0) is 4.79 Å². The van der Waals surface area contributed by atoms with Crippen LogP contribution in [0.15, 0.2) is 0 Å². The molecule has 1 aliphatic carbocycles. The standard InChI is InChI=1S/C11H19N3O/c1-3-13-10(15)8-14(2)9-11(4-5-11)6-7-12/h3-6,8-9H2,1-2H3,(H,13,15). The van der Waals surface area contributed by atoms with Crippen molar-refractivity contribution in [1.29, 1.82) is 5.26 Å². The summed E-state index contributed by atoms with van der Waals surface area (Å²) in [6.45, 7) is 3.88. The molecule has 1 saturated carbocycles. The maximum absolute atomic E-state index is 11.3. The highest BCUT2D eigenvalue weighted by Crippen LogP contribution is 2.48. The predicted octanol–water partition coefficient (Wildman–Crippen LogP) is 0.748. The molecular weight excluding hydrogens is 190 g/mol. The Balaban J connectivity index is 2.27. The number of amides is 1. The fraction of sp³-hybridized carbons (Fsp3) is 0.818. The van der Waals surface area contributed by atoms with Gasteiger partial charge in [0.15, 0.2) is 0 Å². The van der Waals surface area contributed by atoms with Gasteiger partial charge >= 0.3 is 0 Å². The van der Waals surface area contributed by atoms with Gasteiger partial charge in [-0.2, -0.15) is 5.26 Å². The lowest BCUT2D eigenvalue weighted by molar-refractivity contribution is -0.122. The fourth-order valence-corrected chi connectivity index (χ4v) is 1.86. The second-order valence-corrected chi connectivity index (χ2v) is 4.46. The molecule has 0 heterocycles. The summed E-state index contributed by atoms with van der Waals surface area (Å²) in [5, 5.41) is 11.4. The molecule has 1 N–H and O–H groups in total. The lowest BCUT2D eigenvalue weighted by atomic mass is 10.0. The molecule has 0 aromatic carbocycles. The minimum atomic E-state index is 0.0627. The van der Waals surface area contributed by atoms with Crippen LogP contribution in [0, 0.1) is 16.7 Å². The summed E-state index contributed by atoms with van der Waals surface area (Å²) in [6.07, 6.45) is 2.87. The number of carbonyl (C=O) groups is 1. The van der Waals surface area contributed by atoms with Gasteiger partial charge in [-0.1, -0.05) is 0 Å². The first-order chi connectivity index (χ1) is 7.12. The molecule has 0 spiro atoms. The van der Waals surface area contributed by atoms with Crippen molar-refractivity contribution in [1.82, 2.24) is 10.2 Å². The van der Waals surface area contributed by atoms with Crippen molar-refractivity contribution in [3.8, 4) is 6.07 Å². The summed E-state index contributed by atoms with van der Waals surface area (Å²) in [5.41, 5.74) is 0.190. The van der Waals surface area contributed by atoms with E-state index in [1.807, 2.05) is 18.9 Å². The van der Waals surface area contributed by atoms with Crippen LogP contribution in [0.4, 0.5) is 0 Å². The van der Waals surface area contributed by atoms with E-state index in [-0.39, 0.29) is 11.3 Å². The summed E-state index contributed by atoms with van der Waals surface area (Å²) in [5.74, 6) is 0.0627. The third-order valence-electron chi connectivity index (χ3n) is 2.80. The highest BCUT2D eigenvalue weighted by Gasteiger charge is 2.43. The minimum Gasteiger partial charge on any atom is -0.355 e. The van der Waals surface area contributed by atoms with Gasteiger partial charge in [-0.15, -0.1) is 0 Å². The third kappa shape index (κ3) is 3.88. The lowest BCUT2D eigenvalue weighted by Crippen LogP contribution is -2.37. The van der Waals surface area contributed by atoms with Gasteiger partial charge in [0, 0.05) is 19.5 Å². The highest BCUT2D eigenvalue weighted by molar-refractivity contribution is 5.77. The van der Waals surface area contributed by atoms with E-state index in [9.17, 15) is 4.79 Å². The SMILES string of the molecule is CCNC(=O)CN(C)CC1(CC#N)CC1. The molecule has 4 heteroatoms. The maximum atomic E-state index is 11.3. The van der Waals surface area contributed by atoms with Gasteiger partial charge in [0.1, 0.15) is 0 Å². The van der Waals surface area contributed by atoms with Crippen molar-refractivity contribution < 1.29 is 4.79 Å². The monoisotopic (exact) mass is 209 g/mol. The molecule has 0 saturated heterocycles. The van der Waals surface area contributed by atoms with E-state index >= 15 is 0 Å². The van der Waals surface area contributed by atoms with Gasteiger partial charge in [-0.3, -0.25) is 9.69 Å². The maximum Gasteiger partial charge on any atom is 0.234 e. The highest BCUT2D eigenvalue weighted by atomic mass is 16.1. The van der Waals surface area contributed by atoms with E-state index < -0.39 is 0 Å². The molecule has 1 aliphatic rings. The topological polar surface area (TPSA) is 56.1 Å². The molecule has 0 atom stereocenters. The minimum absolute atomic E-state index is 0.0627. The Morgan fingerprint density at radius 2 is 2.27 bits per heavy atom. The quantitative estimate of drug-likeness (QED) is 0.702. The molecule has 0 radical (unpaired) electrons. The molecule has 0 aromatic heterocycles. The number of nitrogens with one attached hydrogen (secondary N) is 1. The summed E-state index contributed by atoms with van der Waals surface area (Å²) in [7, 11) is 1.94. The van der Waals surface area contributed by atoms with Crippen molar-refractivity contribution >= 4 is 5.91 Å². The average molecular weight is 209 g/mol. The van der Waals surface area contributed by atoms with Crippen LogP contribution in [0.25, 0.3) is 0 Å². The van der Waals surface area contributed by atoms with Crippen molar-refractivity contribution in [2.75, 3.05) is 26.7 Å². The van der Waals surface area contributed by atoms with Crippen molar-refractivity contribution in [2.24, 2.45) is 5.41 Å². The van der Waals surface area contributed by atoms with Crippen LogP contribution in [-0.4, -0.2) is 37.5 Å². The van der Waals surface area contributed by atoms with Gasteiger partial charge in [-0.25, -0.2) is 0 Å². The van der Waals surface area contributed by atoms with Crippen molar-refractivity contribution in [3.05, 3.63) is 0 Å². The summed E-state index contributed by atoms with van der Waals surface area (Å²) >= 11 is 0. The van der Waals surface area contributed by atoms with Gasteiger partial charge in [0.2, 0.25) is 5.91 Å². The first kappa shape index (κ1) is 12.0. The van der Waals surface area contributed by atoms with E-state index in [1.165, 1.54) is 0 Å². The molecule has 84 valence electrons. The zero-order valence-corrected chi connectivity index (χ0v) is 9.55. The summed E-state index contributed by atoms with van der Waals surface area (Å²) < 4.78 is 0. The Hall–Kier alpha value is -1.08. The third-order valence-corrected chi connectivity index (χ3v) is 2.80. The number of likely N-dealkylation sites (N-methyl/N-ethyl adjacent to an activating group) is 2. The Labute approximate surface area is 91.2 Å². The number of nitrogens with zero attached hydrogens (tertiary/aromatic N) is 2. The van der Waals surface area contributed by atoms with E-state index in [1.54, 1.807) is 0 Å². The number of hydrogen-bond acceptors (Lipinski definition) is 3. The van der Waals surface area contributed by atoms with Crippen LogP contribution >= 0.6 is 0 Å². The van der Waals surface area contributed by atoms with E-state index in [0.717, 1.165) is 19.4 Å². The normalized spacial score (nSPS) is 17.2. The Morgan fingerprint density at radius 3 is 2.73 bits per heavy atom. The average Bonchev–Trinajstić information content (AvgIpc) is 2.85. The molecule has 1 fully saturated rings. The molecule has 0 unspecified atom stereocenters. The first-order valence-electron chi connectivity index (χ1n) is 5.44. The van der Waals surface area contributed by atoms with Gasteiger partial charge in [0.05, 0.1) is 12.6 Å². The van der Waals surface area contributed by atoms with Crippen molar-refractivity contribution in [3.63, 3.8) is 0 Å². The molecule has 0 bridgehead atoms. The largest absolute Gasteiger partial charge is 0.355 e. The Kier molecular flexibility index (Phi) is 4.10. The van der Waals surface area contributed by atoms with Crippen LogP contribution in [0.1, 0.15) is 26.2 Å². The van der Waals surface area contributed by atoms with E-state index in [2.05, 4.69) is 11.4 Å². The van der Waals surface area contributed by atoms with Gasteiger partial charge < -0.3 is 5.32 Å². The van der Waals surface area contributed by atoms with E-state index in [0.29, 0.717) is 19.5 Å². The first-order valence-corrected chi connectivity index (χ1v) is 5.44. The zero-order chi connectivity index (χ0) is 11.3. The molecule has 15 heavy (non-hydrogen) atoms. The van der Waals surface area contributed by atoms with Crippen molar-refractivity contribution in [2.45, 2.75) is 26.2 Å². The Bertz CT molecular complexity index is 265. The molecule has 1 amide bonds. The molecular formula is C11H19N3O.